The van der Waals surface area contributed by atoms with E-state index in [2.05, 4.69) is 16.9 Å². The zero-order valence-corrected chi connectivity index (χ0v) is 9.80. The topological polar surface area (TPSA) is 58.7 Å². The molecule has 0 aliphatic rings. The van der Waals surface area contributed by atoms with Crippen LogP contribution in [0, 0.1) is 6.92 Å². The Bertz CT molecular complexity index is 176. The Kier molecular flexibility index (Phi) is 8.73. The van der Waals surface area contributed by atoms with Crippen LogP contribution in [0.1, 0.15) is 18.4 Å². The van der Waals surface area contributed by atoms with Crippen LogP contribution in [0.2, 0.25) is 0 Å². The number of H-pyrrole nitrogens is 1. The van der Waals surface area contributed by atoms with Crippen LogP contribution in [0.25, 0.3) is 0 Å². The smallest absolute Gasteiger partial charge is 0.870 e. The van der Waals surface area contributed by atoms with Gasteiger partial charge in [-0.1, -0.05) is 6.92 Å². The molecular weight excluding hydrogens is 155 g/mol. The molecule has 0 bridgehead atoms. The molecule has 1 heterocycles. The molecule has 0 fully saturated rings. The molecule has 0 atom stereocenters. The molecule has 0 unspecified atom stereocenters. The summed E-state index contributed by atoms with van der Waals surface area (Å²) in [5, 5.41) is 0. The maximum absolute atomic E-state index is 4.03. The van der Waals surface area contributed by atoms with E-state index < -0.39 is 0 Å². The second kappa shape index (κ2) is 6.51. The van der Waals surface area contributed by atoms with Crippen LogP contribution < -0.4 is 51.4 Å². The summed E-state index contributed by atoms with van der Waals surface area (Å²) >= 11 is 0. The fourth-order valence-corrected chi connectivity index (χ4v) is 0.651. The second-order valence-corrected chi connectivity index (χ2v) is 1.85. The molecule has 0 aliphatic heterocycles. The normalized spacial score (nSPS) is 7.80. The quantitative estimate of drug-likeness (QED) is 0.496. The van der Waals surface area contributed by atoms with Crippen LogP contribution in [0.15, 0.2) is 6.20 Å². The molecule has 1 rings (SSSR count). The number of aromatic amines is 1. The van der Waals surface area contributed by atoms with Gasteiger partial charge in [0.05, 0.1) is 0 Å². The maximum Gasteiger partial charge on any atom is 1.00 e. The van der Waals surface area contributed by atoms with Gasteiger partial charge in [0.1, 0.15) is 5.82 Å². The minimum absolute atomic E-state index is 0. The molecular formula is C6H11KN2O. The molecule has 0 saturated heterocycles. The first-order chi connectivity index (χ1) is 3.83. The van der Waals surface area contributed by atoms with Crippen molar-refractivity contribution >= 4 is 0 Å². The average Bonchev–Trinajstić information content (AvgIpc) is 2.14. The summed E-state index contributed by atoms with van der Waals surface area (Å²) in [6.45, 7) is 4.06. The van der Waals surface area contributed by atoms with E-state index in [9.17, 15) is 0 Å². The van der Waals surface area contributed by atoms with Crippen LogP contribution in [-0.4, -0.2) is 15.4 Å². The van der Waals surface area contributed by atoms with Crippen LogP contribution >= 0.6 is 0 Å². The van der Waals surface area contributed by atoms with Crippen molar-refractivity contribution in [2.24, 2.45) is 0 Å². The molecule has 52 valence electrons. The summed E-state index contributed by atoms with van der Waals surface area (Å²) < 4.78 is 0. The Hall–Kier alpha value is 0.806. The van der Waals surface area contributed by atoms with Gasteiger partial charge in [0.15, 0.2) is 0 Å². The Labute approximate surface area is 103 Å². The molecule has 3 nitrogen and oxygen atoms in total. The number of aryl methyl sites for hydroxylation is 2. The average molecular weight is 166 g/mol. The van der Waals surface area contributed by atoms with Crippen molar-refractivity contribution in [1.29, 1.82) is 0 Å². The van der Waals surface area contributed by atoms with Gasteiger partial charge in [-0.2, -0.15) is 0 Å². The van der Waals surface area contributed by atoms with Crippen LogP contribution in [0.5, 0.6) is 0 Å². The van der Waals surface area contributed by atoms with Crippen molar-refractivity contribution in [3.63, 3.8) is 0 Å². The van der Waals surface area contributed by atoms with Gasteiger partial charge in [-0.25, -0.2) is 4.98 Å². The Morgan fingerprint density at radius 1 is 1.60 bits per heavy atom. The number of hydrogen-bond donors (Lipinski definition) is 1. The maximum atomic E-state index is 4.03. The van der Waals surface area contributed by atoms with Gasteiger partial charge >= 0.3 is 51.4 Å². The van der Waals surface area contributed by atoms with Crippen molar-refractivity contribution in [3.8, 4) is 0 Å². The van der Waals surface area contributed by atoms with E-state index in [0.29, 0.717) is 0 Å². The molecule has 10 heavy (non-hydrogen) atoms. The molecule has 0 aliphatic carbocycles. The molecule has 1 aromatic heterocycles. The monoisotopic (exact) mass is 166 g/mol. The molecule has 0 aromatic carbocycles. The van der Waals surface area contributed by atoms with E-state index >= 15 is 0 Å². The molecule has 2 N–H and O–H groups in total. The van der Waals surface area contributed by atoms with E-state index in [1.54, 1.807) is 0 Å². The van der Waals surface area contributed by atoms with Gasteiger partial charge in [-0.15, -0.1) is 0 Å². The number of rotatable bonds is 1. The third-order valence-corrected chi connectivity index (χ3v) is 1.14. The van der Waals surface area contributed by atoms with Gasteiger partial charge < -0.3 is 10.5 Å². The molecule has 0 saturated carbocycles. The van der Waals surface area contributed by atoms with Crippen molar-refractivity contribution in [2.75, 3.05) is 0 Å². The Balaban J connectivity index is 0. The number of hydrogen-bond acceptors (Lipinski definition) is 2. The molecule has 0 spiro atoms. The summed E-state index contributed by atoms with van der Waals surface area (Å²) in [6.07, 6.45) is 2.91. The fourth-order valence-electron chi connectivity index (χ4n) is 0.651. The minimum Gasteiger partial charge on any atom is -0.870 e. The summed E-state index contributed by atoms with van der Waals surface area (Å²) in [5.41, 5.74) is 1.21. The van der Waals surface area contributed by atoms with E-state index in [1.165, 1.54) is 5.69 Å². The van der Waals surface area contributed by atoms with Crippen molar-refractivity contribution in [1.82, 2.24) is 9.97 Å². The summed E-state index contributed by atoms with van der Waals surface area (Å²) in [6, 6.07) is 0. The molecule has 0 amide bonds. The second-order valence-electron chi connectivity index (χ2n) is 1.85. The third-order valence-electron chi connectivity index (χ3n) is 1.14. The standard InChI is InChI=1S/C6H10N2.K.H2O/c1-3-6-4-7-5(2)8-6;;/h4H,3H2,1-2H3,(H,7,8);;1H2/q;+1;/p-1. The first-order valence-electron chi connectivity index (χ1n) is 2.83. The zero-order valence-electron chi connectivity index (χ0n) is 6.68. The fraction of sp³-hybridized carbons (Fsp3) is 0.500. The first-order valence-corrected chi connectivity index (χ1v) is 2.83. The van der Waals surface area contributed by atoms with E-state index in [1.807, 2.05) is 13.1 Å². The predicted molar refractivity (Wildman–Crippen MR) is 34.6 cm³/mol. The van der Waals surface area contributed by atoms with Crippen molar-refractivity contribution in [2.45, 2.75) is 20.3 Å². The number of nitrogens with zero attached hydrogens (tertiary/aromatic N) is 1. The van der Waals surface area contributed by atoms with Crippen LogP contribution in [0.3, 0.4) is 0 Å². The van der Waals surface area contributed by atoms with Crippen LogP contribution in [-0.2, 0) is 6.42 Å². The minimum atomic E-state index is 0. The van der Waals surface area contributed by atoms with Gasteiger partial charge in [-0.3, -0.25) is 0 Å². The molecule has 1 aromatic rings. The largest absolute Gasteiger partial charge is 1.00 e. The summed E-state index contributed by atoms with van der Waals surface area (Å²) in [5.74, 6) is 1.00. The molecule has 0 radical (unpaired) electrons. The summed E-state index contributed by atoms with van der Waals surface area (Å²) in [7, 11) is 0. The zero-order chi connectivity index (χ0) is 5.98. The van der Waals surface area contributed by atoms with Crippen LogP contribution in [0.4, 0.5) is 0 Å². The Morgan fingerprint density at radius 3 is 2.40 bits per heavy atom. The number of nitrogens with one attached hydrogen (secondary N) is 1. The van der Waals surface area contributed by atoms with Gasteiger partial charge in [0.25, 0.3) is 0 Å². The van der Waals surface area contributed by atoms with E-state index in [0.717, 1.165) is 12.2 Å². The van der Waals surface area contributed by atoms with Gasteiger partial charge in [-0.05, 0) is 13.3 Å². The van der Waals surface area contributed by atoms with E-state index in [4.69, 9.17) is 0 Å². The Morgan fingerprint density at radius 2 is 2.20 bits per heavy atom. The number of aromatic nitrogens is 2. The van der Waals surface area contributed by atoms with Gasteiger partial charge in [0.2, 0.25) is 0 Å². The SMILES string of the molecule is CCc1cnc(C)[nH]1.[K+].[OH-]. The third kappa shape index (κ3) is 3.85. The van der Waals surface area contributed by atoms with Crippen molar-refractivity contribution in [3.05, 3.63) is 17.7 Å². The predicted octanol–water partition coefficient (Wildman–Crippen LogP) is -1.89. The van der Waals surface area contributed by atoms with Crippen molar-refractivity contribution < 1.29 is 56.9 Å². The first kappa shape index (κ1) is 13.4. The summed E-state index contributed by atoms with van der Waals surface area (Å²) in [4.78, 5) is 7.15. The van der Waals surface area contributed by atoms with E-state index in [-0.39, 0.29) is 56.9 Å². The van der Waals surface area contributed by atoms with Gasteiger partial charge in [0, 0.05) is 11.9 Å². The molecule has 4 heteroatoms. The number of imidazole rings is 1.